The molecule has 0 aliphatic carbocycles. The maximum Gasteiger partial charge on any atom is 0.217 e. The molecule has 0 aliphatic heterocycles. The van der Waals surface area contributed by atoms with Gasteiger partial charge in [-0.15, -0.1) is 10.2 Å². The molecule has 0 saturated carbocycles. The van der Waals surface area contributed by atoms with Crippen molar-refractivity contribution in [2.45, 2.75) is 13.3 Å². The standard InChI is InChI=1S/C21H18N4O/c1-2-13-26-19-14-16-8-4-6-10-18(16)23-21(19)25-24-20-12-11-15-7-3-5-9-17(15)22-20/h3-12,14H,2,13H2,1H3. The molecule has 0 atom stereocenters. The smallest absolute Gasteiger partial charge is 0.217 e. The fraction of sp³-hybridized carbons (Fsp3) is 0.143. The second-order valence-corrected chi connectivity index (χ2v) is 5.91. The van der Waals surface area contributed by atoms with Gasteiger partial charge in [-0.3, -0.25) is 0 Å². The van der Waals surface area contributed by atoms with Crippen LogP contribution in [-0.2, 0) is 0 Å². The molecule has 26 heavy (non-hydrogen) atoms. The maximum absolute atomic E-state index is 5.82. The van der Waals surface area contributed by atoms with Crippen molar-refractivity contribution in [2.75, 3.05) is 6.61 Å². The topological polar surface area (TPSA) is 59.7 Å². The first kappa shape index (κ1) is 16.1. The van der Waals surface area contributed by atoms with Gasteiger partial charge < -0.3 is 4.74 Å². The molecule has 5 nitrogen and oxygen atoms in total. The number of ether oxygens (including phenoxy) is 1. The van der Waals surface area contributed by atoms with E-state index in [-0.39, 0.29) is 0 Å². The number of hydrogen-bond donors (Lipinski definition) is 0. The second-order valence-electron chi connectivity index (χ2n) is 5.91. The summed E-state index contributed by atoms with van der Waals surface area (Å²) in [7, 11) is 0. The van der Waals surface area contributed by atoms with Gasteiger partial charge in [0.2, 0.25) is 5.82 Å². The van der Waals surface area contributed by atoms with Gasteiger partial charge in [-0.25, -0.2) is 9.97 Å². The predicted octanol–water partition coefficient (Wildman–Crippen LogP) is 5.99. The Hall–Kier alpha value is -3.34. The van der Waals surface area contributed by atoms with E-state index < -0.39 is 0 Å². The van der Waals surface area contributed by atoms with E-state index in [1.807, 2.05) is 66.7 Å². The van der Waals surface area contributed by atoms with Gasteiger partial charge in [-0.05, 0) is 36.8 Å². The monoisotopic (exact) mass is 342 g/mol. The Bertz CT molecular complexity index is 1090. The third kappa shape index (κ3) is 3.37. The molecular weight excluding hydrogens is 324 g/mol. The minimum absolute atomic E-state index is 0.465. The van der Waals surface area contributed by atoms with Gasteiger partial charge in [0.15, 0.2) is 11.6 Å². The van der Waals surface area contributed by atoms with Crippen LogP contribution in [0.4, 0.5) is 11.6 Å². The Kier molecular flexibility index (Phi) is 4.51. The summed E-state index contributed by atoms with van der Waals surface area (Å²) in [6.07, 6.45) is 0.912. The van der Waals surface area contributed by atoms with Crippen LogP contribution >= 0.6 is 0 Å². The molecule has 0 aliphatic rings. The van der Waals surface area contributed by atoms with E-state index in [0.717, 1.165) is 28.2 Å². The summed E-state index contributed by atoms with van der Waals surface area (Å²) in [5.74, 6) is 1.64. The quantitative estimate of drug-likeness (QED) is 0.419. The first-order valence-electron chi connectivity index (χ1n) is 8.63. The van der Waals surface area contributed by atoms with Crippen molar-refractivity contribution >= 4 is 33.4 Å². The van der Waals surface area contributed by atoms with E-state index in [2.05, 4.69) is 27.1 Å². The van der Waals surface area contributed by atoms with Crippen molar-refractivity contribution in [2.24, 2.45) is 10.2 Å². The fourth-order valence-electron chi connectivity index (χ4n) is 2.69. The van der Waals surface area contributed by atoms with Crippen LogP contribution in [0.2, 0.25) is 0 Å². The summed E-state index contributed by atoms with van der Waals surface area (Å²) in [5.41, 5.74) is 1.75. The summed E-state index contributed by atoms with van der Waals surface area (Å²) in [6, 6.07) is 21.6. The Balaban J connectivity index is 1.72. The molecule has 0 unspecified atom stereocenters. The Morgan fingerprint density at radius 3 is 2.35 bits per heavy atom. The van der Waals surface area contributed by atoms with Gasteiger partial charge >= 0.3 is 0 Å². The molecule has 2 aromatic carbocycles. The summed E-state index contributed by atoms with van der Waals surface area (Å²) >= 11 is 0. The number of azo groups is 1. The maximum atomic E-state index is 5.82. The minimum atomic E-state index is 0.465. The lowest BCUT2D eigenvalue weighted by molar-refractivity contribution is 0.318. The van der Waals surface area contributed by atoms with Crippen LogP contribution < -0.4 is 4.74 Å². The van der Waals surface area contributed by atoms with Gasteiger partial charge in [0.1, 0.15) is 0 Å². The first-order chi connectivity index (χ1) is 12.8. The Morgan fingerprint density at radius 2 is 1.54 bits per heavy atom. The van der Waals surface area contributed by atoms with E-state index in [0.29, 0.717) is 24.0 Å². The van der Waals surface area contributed by atoms with Crippen LogP contribution in [0, 0.1) is 0 Å². The van der Waals surface area contributed by atoms with Crippen LogP contribution in [0.1, 0.15) is 13.3 Å². The van der Waals surface area contributed by atoms with E-state index in [9.17, 15) is 0 Å². The summed E-state index contributed by atoms with van der Waals surface area (Å²) < 4.78 is 5.82. The number of aromatic nitrogens is 2. The lowest BCUT2D eigenvalue weighted by atomic mass is 10.2. The number of rotatable bonds is 5. The molecule has 0 N–H and O–H groups in total. The second kappa shape index (κ2) is 7.27. The first-order valence-corrected chi connectivity index (χ1v) is 8.63. The molecular formula is C21H18N4O. The molecule has 0 fully saturated rings. The number of fused-ring (bicyclic) bond motifs is 2. The van der Waals surface area contributed by atoms with E-state index >= 15 is 0 Å². The number of benzene rings is 2. The molecule has 5 heteroatoms. The van der Waals surface area contributed by atoms with Crippen LogP contribution in [0.3, 0.4) is 0 Å². The summed E-state index contributed by atoms with van der Waals surface area (Å²) in [6.45, 7) is 2.67. The largest absolute Gasteiger partial charge is 0.490 e. The average molecular weight is 342 g/mol. The highest BCUT2D eigenvalue weighted by molar-refractivity contribution is 5.82. The fourth-order valence-corrected chi connectivity index (χ4v) is 2.69. The molecule has 0 radical (unpaired) electrons. The van der Waals surface area contributed by atoms with E-state index in [4.69, 9.17) is 4.74 Å². The van der Waals surface area contributed by atoms with Gasteiger partial charge in [0.05, 0.1) is 17.6 Å². The molecule has 2 heterocycles. The van der Waals surface area contributed by atoms with Gasteiger partial charge in [0.25, 0.3) is 0 Å². The molecule has 4 rings (SSSR count). The summed E-state index contributed by atoms with van der Waals surface area (Å²) in [5, 5.41) is 10.7. The lowest BCUT2D eigenvalue weighted by Crippen LogP contribution is -1.96. The van der Waals surface area contributed by atoms with Crippen LogP contribution in [-0.4, -0.2) is 16.6 Å². The average Bonchev–Trinajstić information content (AvgIpc) is 2.70. The van der Waals surface area contributed by atoms with Gasteiger partial charge in [0, 0.05) is 10.8 Å². The highest BCUT2D eigenvalue weighted by Gasteiger charge is 2.08. The highest BCUT2D eigenvalue weighted by Crippen LogP contribution is 2.31. The highest BCUT2D eigenvalue weighted by atomic mass is 16.5. The minimum Gasteiger partial charge on any atom is -0.490 e. The number of hydrogen-bond acceptors (Lipinski definition) is 5. The molecule has 2 aromatic heterocycles. The van der Waals surface area contributed by atoms with Crippen LogP contribution in [0.25, 0.3) is 21.8 Å². The van der Waals surface area contributed by atoms with Crippen LogP contribution in [0.15, 0.2) is 77.0 Å². The van der Waals surface area contributed by atoms with Crippen molar-refractivity contribution in [3.63, 3.8) is 0 Å². The molecule has 128 valence electrons. The molecule has 0 bridgehead atoms. The van der Waals surface area contributed by atoms with Crippen molar-refractivity contribution in [3.05, 3.63) is 66.7 Å². The third-order valence-corrected chi connectivity index (χ3v) is 3.96. The zero-order valence-corrected chi connectivity index (χ0v) is 14.5. The zero-order valence-electron chi connectivity index (χ0n) is 14.5. The third-order valence-electron chi connectivity index (χ3n) is 3.96. The number of pyridine rings is 2. The molecule has 0 amide bonds. The normalized spacial score (nSPS) is 11.4. The van der Waals surface area contributed by atoms with E-state index in [1.165, 1.54) is 0 Å². The molecule has 0 spiro atoms. The predicted molar refractivity (Wildman–Crippen MR) is 103 cm³/mol. The van der Waals surface area contributed by atoms with Crippen molar-refractivity contribution in [1.82, 2.24) is 9.97 Å². The zero-order chi connectivity index (χ0) is 17.8. The van der Waals surface area contributed by atoms with Crippen LogP contribution in [0.5, 0.6) is 5.75 Å². The summed E-state index contributed by atoms with van der Waals surface area (Å²) in [4.78, 5) is 9.11. The van der Waals surface area contributed by atoms with Gasteiger partial charge in [-0.2, -0.15) is 0 Å². The van der Waals surface area contributed by atoms with Gasteiger partial charge in [-0.1, -0.05) is 43.3 Å². The van der Waals surface area contributed by atoms with Crippen molar-refractivity contribution < 1.29 is 4.74 Å². The number of para-hydroxylation sites is 2. The molecule has 4 aromatic rings. The Labute approximate surface area is 151 Å². The lowest BCUT2D eigenvalue weighted by Gasteiger charge is -2.08. The molecule has 0 saturated heterocycles. The van der Waals surface area contributed by atoms with Crippen molar-refractivity contribution in [3.8, 4) is 5.75 Å². The van der Waals surface area contributed by atoms with Crippen molar-refractivity contribution in [1.29, 1.82) is 0 Å². The van der Waals surface area contributed by atoms with E-state index in [1.54, 1.807) is 0 Å². The Morgan fingerprint density at radius 1 is 0.808 bits per heavy atom. The number of nitrogens with zero attached hydrogens (tertiary/aromatic N) is 4. The SMILES string of the molecule is CCCOc1cc2ccccc2nc1N=Nc1ccc2ccccc2n1.